The Bertz CT molecular complexity index is 861. The lowest BCUT2D eigenvalue weighted by Gasteiger charge is -2.52. The molecular weight excluding hydrogens is 332 g/mol. The number of allylic oxidation sites excluding steroid dienone is 4. The number of hydrogen-bond donors (Lipinski definition) is 1. The van der Waals surface area contributed by atoms with E-state index in [1.54, 1.807) is 5.57 Å². The Morgan fingerprint density at radius 1 is 1.07 bits per heavy atom. The van der Waals surface area contributed by atoms with Gasteiger partial charge in [-0.25, -0.2) is 0 Å². The lowest BCUT2D eigenvalue weighted by molar-refractivity contribution is -0.114. The van der Waals surface area contributed by atoms with Crippen molar-refractivity contribution in [3.8, 4) is 0 Å². The summed E-state index contributed by atoms with van der Waals surface area (Å²) in [6.45, 7) is 4.57. The fourth-order valence-corrected chi connectivity index (χ4v) is 6.89. The van der Waals surface area contributed by atoms with E-state index in [-0.39, 0.29) is 11.5 Å². The van der Waals surface area contributed by atoms with Crippen LogP contribution < -0.4 is 0 Å². The maximum Gasteiger partial charge on any atom is 0.156 e. The van der Waals surface area contributed by atoms with Crippen molar-refractivity contribution in [1.29, 1.82) is 0 Å². The highest BCUT2D eigenvalue weighted by atomic mass is 16.3. The summed E-state index contributed by atoms with van der Waals surface area (Å²) < 4.78 is 0. The summed E-state index contributed by atoms with van der Waals surface area (Å²) in [5, 5.41) is 10.9. The number of carbonyl (C=O) groups excluding carboxylic acids is 1. The predicted octanol–water partition coefficient (Wildman–Crippen LogP) is 5.26. The minimum absolute atomic E-state index is 0.0212. The maximum atomic E-state index is 12.0. The normalized spacial score (nSPS) is 38.2. The predicted molar refractivity (Wildman–Crippen MR) is 107 cm³/mol. The Labute approximate surface area is 162 Å². The van der Waals surface area contributed by atoms with Gasteiger partial charge >= 0.3 is 0 Å². The zero-order valence-corrected chi connectivity index (χ0v) is 16.5. The molecule has 0 heterocycles. The van der Waals surface area contributed by atoms with Crippen molar-refractivity contribution in [2.24, 2.45) is 17.3 Å². The van der Waals surface area contributed by atoms with Crippen LogP contribution in [0.3, 0.4) is 0 Å². The second-order valence-electron chi connectivity index (χ2n) is 9.53. The molecule has 142 valence electrons. The van der Waals surface area contributed by atoms with Crippen molar-refractivity contribution in [2.75, 3.05) is 0 Å². The van der Waals surface area contributed by atoms with Crippen molar-refractivity contribution < 1.29 is 9.90 Å². The first kappa shape index (κ1) is 17.4. The first-order valence-electron chi connectivity index (χ1n) is 10.7. The van der Waals surface area contributed by atoms with Gasteiger partial charge in [-0.2, -0.15) is 0 Å². The molecule has 1 aromatic carbocycles. The molecule has 2 heteroatoms. The van der Waals surface area contributed by atoms with Crippen LogP contribution in [0.25, 0.3) is 0 Å². The molecule has 0 aliphatic heterocycles. The van der Waals surface area contributed by atoms with Crippen molar-refractivity contribution in [3.63, 3.8) is 0 Å². The number of aliphatic hydroxyl groups is 1. The first-order chi connectivity index (χ1) is 13.0. The van der Waals surface area contributed by atoms with Crippen LogP contribution in [0.4, 0.5) is 0 Å². The zero-order chi connectivity index (χ0) is 18.8. The number of hydrogen-bond acceptors (Lipinski definition) is 2. The molecule has 1 aromatic rings. The molecule has 1 N–H and O–H groups in total. The molecule has 0 radical (unpaired) electrons. The van der Waals surface area contributed by atoms with Gasteiger partial charge in [-0.3, -0.25) is 4.79 Å². The molecule has 0 aromatic heterocycles. The summed E-state index contributed by atoms with van der Waals surface area (Å²) in [4.78, 5) is 12.0. The third-order valence-electron chi connectivity index (χ3n) is 8.25. The van der Waals surface area contributed by atoms with E-state index in [4.69, 9.17) is 0 Å². The maximum absolute atomic E-state index is 12.0. The highest BCUT2D eigenvalue weighted by molar-refractivity contribution is 5.93. The monoisotopic (exact) mass is 362 g/mol. The smallest absolute Gasteiger partial charge is 0.156 e. The topological polar surface area (TPSA) is 37.3 Å². The van der Waals surface area contributed by atoms with E-state index in [2.05, 4.69) is 38.1 Å². The lowest BCUT2D eigenvalue weighted by Crippen LogP contribution is -2.45. The van der Waals surface area contributed by atoms with E-state index in [0.717, 1.165) is 38.5 Å². The molecule has 0 saturated heterocycles. The van der Waals surface area contributed by atoms with Gasteiger partial charge in [-0.15, -0.1) is 0 Å². The van der Waals surface area contributed by atoms with Gasteiger partial charge < -0.3 is 5.11 Å². The molecule has 2 nitrogen and oxygen atoms in total. The molecule has 5 atom stereocenters. The summed E-state index contributed by atoms with van der Waals surface area (Å²) in [6, 6.07) is 8.80. The second kappa shape index (κ2) is 6.17. The Morgan fingerprint density at radius 2 is 1.89 bits per heavy atom. The summed E-state index contributed by atoms with van der Waals surface area (Å²) in [5.74, 6) is 1.86. The fourth-order valence-electron chi connectivity index (χ4n) is 6.89. The first-order valence-corrected chi connectivity index (χ1v) is 10.7. The third-order valence-corrected chi connectivity index (χ3v) is 8.25. The van der Waals surface area contributed by atoms with Crippen molar-refractivity contribution >= 4 is 5.78 Å². The number of aryl methyl sites for hydroxylation is 1. The average Bonchev–Trinajstić information content (AvgIpc) is 2.96. The summed E-state index contributed by atoms with van der Waals surface area (Å²) in [5.41, 5.74) is 7.26. The zero-order valence-electron chi connectivity index (χ0n) is 16.5. The summed E-state index contributed by atoms with van der Waals surface area (Å²) in [6.07, 6.45) is 8.68. The molecule has 2 saturated carbocycles. The fraction of sp³-hybridized carbons (Fsp3) is 0.560. The molecule has 5 rings (SSSR count). The van der Waals surface area contributed by atoms with E-state index < -0.39 is 0 Å². The van der Waals surface area contributed by atoms with Gasteiger partial charge in [0.15, 0.2) is 5.78 Å². The van der Waals surface area contributed by atoms with Gasteiger partial charge in [0.1, 0.15) is 0 Å². The number of aliphatic hydroxyl groups excluding tert-OH is 1. The highest BCUT2D eigenvalue weighted by Crippen LogP contribution is 2.63. The number of rotatable bonds is 1. The molecule has 5 unspecified atom stereocenters. The van der Waals surface area contributed by atoms with Crippen molar-refractivity contribution in [2.45, 2.75) is 70.8 Å². The van der Waals surface area contributed by atoms with Gasteiger partial charge in [-0.1, -0.05) is 36.8 Å². The van der Waals surface area contributed by atoms with Gasteiger partial charge in [0, 0.05) is 12.3 Å². The highest BCUT2D eigenvalue weighted by Gasteiger charge is 2.56. The molecule has 4 aliphatic carbocycles. The standard InChI is InChI=1S/C25H30O2/c1-15-5-3-4-6-18(15)21-14-25(2)22(11-12-23(25)27)20-9-7-16-13-17(26)8-10-19(16)24(20)21/h3-6,13,20-23,27H,7-12,14H2,1-2H3. The van der Waals surface area contributed by atoms with Gasteiger partial charge in [-0.05, 0) is 91.0 Å². The van der Waals surface area contributed by atoms with E-state index in [1.807, 2.05) is 6.08 Å². The van der Waals surface area contributed by atoms with E-state index in [1.165, 1.54) is 22.3 Å². The molecule has 0 bridgehead atoms. The van der Waals surface area contributed by atoms with E-state index >= 15 is 0 Å². The van der Waals surface area contributed by atoms with Gasteiger partial charge in [0.05, 0.1) is 6.10 Å². The molecule has 0 spiro atoms. The molecule has 0 amide bonds. The van der Waals surface area contributed by atoms with Crippen LogP contribution in [0.2, 0.25) is 0 Å². The largest absolute Gasteiger partial charge is 0.393 e. The lowest BCUT2D eigenvalue weighted by atomic mass is 9.53. The second-order valence-corrected chi connectivity index (χ2v) is 9.53. The Hall–Kier alpha value is -1.67. The van der Waals surface area contributed by atoms with Crippen LogP contribution >= 0.6 is 0 Å². The molecule has 2 fully saturated rings. The van der Waals surface area contributed by atoms with Crippen LogP contribution in [0.1, 0.15) is 68.9 Å². The molecule has 4 aliphatic rings. The third kappa shape index (κ3) is 2.52. The van der Waals surface area contributed by atoms with E-state index in [0.29, 0.717) is 30.0 Å². The Kier molecular flexibility index (Phi) is 3.98. The number of ketones is 1. The summed E-state index contributed by atoms with van der Waals surface area (Å²) in [7, 11) is 0. The van der Waals surface area contributed by atoms with Crippen LogP contribution in [-0.4, -0.2) is 17.0 Å². The number of benzene rings is 1. The van der Waals surface area contributed by atoms with Crippen molar-refractivity contribution in [3.05, 3.63) is 58.2 Å². The SMILES string of the molecule is Cc1ccccc1C1CC2(C)C(O)CCC2C2CCC3=CC(=O)CCC3=C12. The van der Waals surface area contributed by atoms with Gasteiger partial charge in [0.25, 0.3) is 0 Å². The van der Waals surface area contributed by atoms with Crippen LogP contribution in [0.15, 0.2) is 47.1 Å². The van der Waals surface area contributed by atoms with E-state index in [9.17, 15) is 9.90 Å². The minimum atomic E-state index is -0.176. The number of fused-ring (bicyclic) bond motifs is 4. The van der Waals surface area contributed by atoms with Crippen molar-refractivity contribution in [1.82, 2.24) is 0 Å². The minimum Gasteiger partial charge on any atom is -0.393 e. The van der Waals surface area contributed by atoms with Crippen LogP contribution in [0.5, 0.6) is 0 Å². The number of carbonyl (C=O) groups is 1. The van der Waals surface area contributed by atoms with Gasteiger partial charge in [0.2, 0.25) is 0 Å². The Morgan fingerprint density at radius 3 is 2.70 bits per heavy atom. The van der Waals surface area contributed by atoms with Crippen LogP contribution in [-0.2, 0) is 4.79 Å². The molecular formula is C25H30O2. The summed E-state index contributed by atoms with van der Waals surface area (Å²) >= 11 is 0. The quantitative estimate of drug-likeness (QED) is 0.740. The van der Waals surface area contributed by atoms with Crippen LogP contribution in [0, 0.1) is 24.2 Å². The molecule has 27 heavy (non-hydrogen) atoms. The Balaban J connectivity index is 1.71. The average molecular weight is 363 g/mol.